The average Bonchev–Trinajstić information content (AvgIpc) is 2.28. The van der Waals surface area contributed by atoms with Gasteiger partial charge in [-0.3, -0.25) is 0 Å². The lowest BCUT2D eigenvalue weighted by Crippen LogP contribution is -2.49. The predicted octanol–water partition coefficient (Wildman–Crippen LogP) is 0.856. The van der Waals surface area contributed by atoms with E-state index >= 15 is 0 Å². The van der Waals surface area contributed by atoms with Crippen LogP contribution in [0.5, 0.6) is 0 Å². The highest BCUT2D eigenvalue weighted by Gasteiger charge is 2.28. The van der Waals surface area contributed by atoms with E-state index in [2.05, 4.69) is 4.72 Å². The van der Waals surface area contributed by atoms with Gasteiger partial charge in [-0.1, -0.05) is 26.2 Å². The van der Waals surface area contributed by atoms with Gasteiger partial charge in [0.25, 0.3) is 10.2 Å². The summed E-state index contributed by atoms with van der Waals surface area (Å²) in [7, 11) is -1.87. The van der Waals surface area contributed by atoms with Crippen molar-refractivity contribution in [3.63, 3.8) is 0 Å². The van der Waals surface area contributed by atoms with E-state index in [1.165, 1.54) is 4.31 Å². The van der Waals surface area contributed by atoms with Gasteiger partial charge in [-0.25, -0.2) is 0 Å². The summed E-state index contributed by atoms with van der Waals surface area (Å²) in [6.45, 7) is 2.55. The quantitative estimate of drug-likeness (QED) is 0.747. The standard InChI is InChI=1S/C11H24N2O3S/c1-3-4-9-13(2)17(15,16)12-10-7-5-6-8-11(10)14/h10-12,14H,3-9H2,1-2H3. The Morgan fingerprint density at radius 3 is 2.59 bits per heavy atom. The highest BCUT2D eigenvalue weighted by Crippen LogP contribution is 2.19. The maximum absolute atomic E-state index is 12.0. The molecule has 2 unspecified atom stereocenters. The summed E-state index contributed by atoms with van der Waals surface area (Å²) in [5.41, 5.74) is 0. The van der Waals surface area contributed by atoms with E-state index in [9.17, 15) is 13.5 Å². The van der Waals surface area contributed by atoms with Gasteiger partial charge in [-0.05, 0) is 19.3 Å². The lowest BCUT2D eigenvalue weighted by Gasteiger charge is -2.29. The van der Waals surface area contributed by atoms with E-state index in [1.54, 1.807) is 7.05 Å². The van der Waals surface area contributed by atoms with Crippen LogP contribution in [-0.4, -0.2) is 43.6 Å². The van der Waals surface area contributed by atoms with Crippen LogP contribution in [0.15, 0.2) is 0 Å². The molecule has 0 aromatic heterocycles. The van der Waals surface area contributed by atoms with Crippen LogP contribution in [0.2, 0.25) is 0 Å². The van der Waals surface area contributed by atoms with Gasteiger partial charge in [0, 0.05) is 19.6 Å². The number of rotatable bonds is 6. The lowest BCUT2D eigenvalue weighted by molar-refractivity contribution is 0.100. The Kier molecular flexibility index (Phi) is 5.85. The first-order valence-corrected chi connectivity index (χ1v) is 7.83. The number of aliphatic hydroxyl groups is 1. The molecule has 1 saturated carbocycles. The Balaban J connectivity index is 2.52. The zero-order valence-electron chi connectivity index (χ0n) is 10.7. The summed E-state index contributed by atoms with van der Waals surface area (Å²) in [5, 5.41) is 9.74. The molecule has 0 radical (unpaired) electrons. The first-order valence-electron chi connectivity index (χ1n) is 6.39. The molecule has 0 aromatic carbocycles. The fraction of sp³-hybridized carbons (Fsp3) is 1.00. The third-order valence-corrected chi connectivity index (χ3v) is 4.87. The molecule has 0 amide bonds. The fourth-order valence-electron chi connectivity index (χ4n) is 2.03. The van der Waals surface area contributed by atoms with Crippen LogP contribution >= 0.6 is 0 Å². The molecule has 102 valence electrons. The Morgan fingerprint density at radius 1 is 1.35 bits per heavy atom. The van der Waals surface area contributed by atoms with Crippen molar-refractivity contribution in [2.75, 3.05) is 13.6 Å². The van der Waals surface area contributed by atoms with Crippen LogP contribution in [0, 0.1) is 0 Å². The van der Waals surface area contributed by atoms with Gasteiger partial charge in [0.05, 0.1) is 6.10 Å². The van der Waals surface area contributed by atoms with E-state index < -0.39 is 16.3 Å². The molecule has 0 heterocycles. The number of nitrogens with zero attached hydrogens (tertiary/aromatic N) is 1. The third-order valence-electron chi connectivity index (χ3n) is 3.27. The second-order valence-corrected chi connectivity index (χ2v) is 6.57. The second kappa shape index (κ2) is 6.68. The van der Waals surface area contributed by atoms with Crippen molar-refractivity contribution < 1.29 is 13.5 Å². The predicted molar refractivity (Wildman–Crippen MR) is 67.9 cm³/mol. The van der Waals surface area contributed by atoms with Crippen molar-refractivity contribution in [2.45, 2.75) is 57.6 Å². The smallest absolute Gasteiger partial charge is 0.279 e. The summed E-state index contributed by atoms with van der Waals surface area (Å²) in [4.78, 5) is 0. The van der Waals surface area contributed by atoms with Gasteiger partial charge in [-0.2, -0.15) is 17.4 Å². The highest BCUT2D eigenvalue weighted by atomic mass is 32.2. The molecule has 2 N–H and O–H groups in total. The van der Waals surface area contributed by atoms with Crippen molar-refractivity contribution >= 4 is 10.2 Å². The minimum absolute atomic E-state index is 0.321. The van der Waals surface area contributed by atoms with E-state index in [0.29, 0.717) is 13.0 Å². The summed E-state index contributed by atoms with van der Waals surface area (Å²) in [6.07, 6.45) is 4.64. The zero-order valence-corrected chi connectivity index (χ0v) is 11.5. The fourth-order valence-corrected chi connectivity index (χ4v) is 3.24. The molecular weight excluding hydrogens is 240 g/mol. The molecular formula is C11H24N2O3S. The maximum Gasteiger partial charge on any atom is 0.279 e. The maximum atomic E-state index is 12.0. The summed E-state index contributed by atoms with van der Waals surface area (Å²) < 4.78 is 27.8. The van der Waals surface area contributed by atoms with Crippen molar-refractivity contribution in [1.82, 2.24) is 9.03 Å². The van der Waals surface area contributed by atoms with E-state index in [1.807, 2.05) is 6.92 Å². The molecule has 2 atom stereocenters. The molecule has 0 aliphatic heterocycles. The summed E-state index contributed by atoms with van der Waals surface area (Å²) >= 11 is 0. The van der Waals surface area contributed by atoms with E-state index in [4.69, 9.17) is 0 Å². The van der Waals surface area contributed by atoms with E-state index in [-0.39, 0.29) is 6.04 Å². The second-order valence-electron chi connectivity index (χ2n) is 4.76. The molecule has 17 heavy (non-hydrogen) atoms. The average molecular weight is 264 g/mol. The first-order chi connectivity index (χ1) is 7.97. The molecule has 6 heteroatoms. The van der Waals surface area contributed by atoms with Crippen LogP contribution in [0.4, 0.5) is 0 Å². The zero-order chi connectivity index (χ0) is 12.9. The molecule has 1 fully saturated rings. The SMILES string of the molecule is CCCCN(C)S(=O)(=O)NC1CCCCC1O. The molecule has 1 rings (SSSR count). The van der Waals surface area contributed by atoms with Gasteiger partial charge >= 0.3 is 0 Å². The minimum Gasteiger partial charge on any atom is -0.391 e. The number of nitrogens with one attached hydrogen (secondary N) is 1. The van der Waals surface area contributed by atoms with Crippen molar-refractivity contribution in [2.24, 2.45) is 0 Å². The van der Waals surface area contributed by atoms with Gasteiger partial charge < -0.3 is 5.11 Å². The van der Waals surface area contributed by atoms with Crippen molar-refractivity contribution in [3.05, 3.63) is 0 Å². The largest absolute Gasteiger partial charge is 0.391 e. The number of hydrogen-bond acceptors (Lipinski definition) is 3. The van der Waals surface area contributed by atoms with Gasteiger partial charge in [0.15, 0.2) is 0 Å². The van der Waals surface area contributed by atoms with Gasteiger partial charge in [-0.15, -0.1) is 0 Å². The lowest BCUT2D eigenvalue weighted by atomic mass is 9.93. The molecule has 1 aliphatic rings. The van der Waals surface area contributed by atoms with Crippen LogP contribution in [-0.2, 0) is 10.2 Å². The number of hydrogen-bond donors (Lipinski definition) is 2. The Morgan fingerprint density at radius 2 is 2.00 bits per heavy atom. The third kappa shape index (κ3) is 4.54. The van der Waals surface area contributed by atoms with Crippen LogP contribution < -0.4 is 4.72 Å². The van der Waals surface area contributed by atoms with E-state index in [0.717, 1.165) is 32.1 Å². The normalized spacial score (nSPS) is 26.4. The van der Waals surface area contributed by atoms with Crippen LogP contribution in [0.1, 0.15) is 45.4 Å². The molecule has 0 bridgehead atoms. The molecule has 1 aliphatic carbocycles. The number of aliphatic hydroxyl groups excluding tert-OH is 1. The van der Waals surface area contributed by atoms with Gasteiger partial charge in [0.2, 0.25) is 0 Å². The molecule has 0 aromatic rings. The van der Waals surface area contributed by atoms with Gasteiger partial charge in [0.1, 0.15) is 0 Å². The van der Waals surface area contributed by atoms with Crippen LogP contribution in [0.3, 0.4) is 0 Å². The Hall–Kier alpha value is -0.170. The van der Waals surface area contributed by atoms with Crippen LogP contribution in [0.25, 0.3) is 0 Å². The summed E-state index contributed by atoms with van der Waals surface area (Å²) in [5.74, 6) is 0. The molecule has 0 saturated heterocycles. The molecule has 5 nitrogen and oxygen atoms in total. The Bertz CT molecular complexity index is 319. The topological polar surface area (TPSA) is 69.6 Å². The monoisotopic (exact) mass is 264 g/mol. The highest BCUT2D eigenvalue weighted by molar-refractivity contribution is 7.87. The number of unbranched alkanes of at least 4 members (excludes halogenated alkanes) is 1. The molecule has 0 spiro atoms. The minimum atomic E-state index is -3.44. The van der Waals surface area contributed by atoms with Crippen molar-refractivity contribution in [1.29, 1.82) is 0 Å². The summed E-state index contributed by atoms with van der Waals surface area (Å²) in [6, 6.07) is -0.321. The first kappa shape index (κ1) is 14.9. The Labute approximate surface area is 104 Å². The van der Waals surface area contributed by atoms with Crippen molar-refractivity contribution in [3.8, 4) is 0 Å².